The first kappa shape index (κ1) is 16.1. The molecule has 1 spiro atoms. The van der Waals surface area contributed by atoms with Crippen LogP contribution in [-0.2, 0) is 18.3 Å². The molecule has 0 N–H and O–H groups in total. The molecule has 4 aromatic rings. The molecule has 4 aromatic carbocycles. The maximum Gasteiger partial charge on any atom is 0.0296 e. The summed E-state index contributed by atoms with van der Waals surface area (Å²) in [5.41, 5.74) is 10.5. The average molecular weight is 361 g/mol. The first-order chi connectivity index (χ1) is 13.7. The van der Waals surface area contributed by atoms with E-state index in [1.54, 1.807) is 5.56 Å². The Morgan fingerprint density at radius 3 is 1.93 bits per heavy atom. The zero-order chi connectivity index (χ0) is 18.9. The van der Waals surface area contributed by atoms with Crippen LogP contribution in [-0.4, -0.2) is 0 Å². The predicted molar refractivity (Wildman–Crippen MR) is 118 cm³/mol. The summed E-state index contributed by atoms with van der Waals surface area (Å²) in [7, 11) is 0. The first-order valence-electron chi connectivity index (χ1n) is 10.4. The van der Waals surface area contributed by atoms with Gasteiger partial charge in [-0.2, -0.15) is 0 Å². The van der Waals surface area contributed by atoms with Crippen LogP contribution in [0, 0.1) is 0 Å². The van der Waals surface area contributed by atoms with Crippen LogP contribution in [0.1, 0.15) is 47.6 Å². The summed E-state index contributed by atoms with van der Waals surface area (Å²) in [6, 6.07) is 30.0. The van der Waals surface area contributed by atoms with Crippen molar-refractivity contribution in [3.63, 3.8) is 0 Å². The van der Waals surface area contributed by atoms with Crippen molar-refractivity contribution in [2.45, 2.75) is 38.0 Å². The van der Waals surface area contributed by atoms with Crippen molar-refractivity contribution in [3.05, 3.63) is 107 Å². The summed E-state index contributed by atoms with van der Waals surface area (Å²) >= 11 is 0. The molecule has 0 aromatic heterocycles. The molecule has 0 radical (unpaired) electrons. The second-order valence-corrected chi connectivity index (χ2v) is 8.91. The lowest BCUT2D eigenvalue weighted by Crippen LogP contribution is -2.25. The molecule has 0 heterocycles. The highest BCUT2D eigenvalue weighted by molar-refractivity contribution is 5.87. The van der Waals surface area contributed by atoms with Crippen LogP contribution >= 0.6 is 0 Å². The third-order valence-electron chi connectivity index (χ3n) is 7.01. The molecule has 0 saturated carbocycles. The van der Waals surface area contributed by atoms with E-state index in [0.717, 1.165) is 12.8 Å². The molecular formula is C28H24. The van der Waals surface area contributed by atoms with Crippen molar-refractivity contribution in [3.8, 4) is 11.1 Å². The Morgan fingerprint density at radius 2 is 1.25 bits per heavy atom. The van der Waals surface area contributed by atoms with E-state index in [1.807, 2.05) is 0 Å². The van der Waals surface area contributed by atoms with E-state index in [9.17, 15) is 0 Å². The van der Waals surface area contributed by atoms with Gasteiger partial charge in [0.05, 0.1) is 0 Å². The quantitative estimate of drug-likeness (QED) is 0.342. The fourth-order valence-corrected chi connectivity index (χ4v) is 5.59. The number of hydrogen-bond acceptors (Lipinski definition) is 0. The second-order valence-electron chi connectivity index (χ2n) is 8.91. The highest BCUT2D eigenvalue weighted by atomic mass is 14.5. The molecule has 2 aliphatic carbocycles. The number of fused-ring (bicyclic) bond motifs is 7. The molecule has 0 fully saturated rings. The Labute approximate surface area is 166 Å². The van der Waals surface area contributed by atoms with Gasteiger partial charge in [0.2, 0.25) is 0 Å². The molecule has 0 nitrogen and oxygen atoms in total. The number of benzene rings is 4. The van der Waals surface area contributed by atoms with E-state index >= 15 is 0 Å². The summed E-state index contributed by atoms with van der Waals surface area (Å²) < 4.78 is 0. The van der Waals surface area contributed by atoms with Crippen molar-refractivity contribution in [2.75, 3.05) is 0 Å². The van der Waals surface area contributed by atoms with Crippen molar-refractivity contribution < 1.29 is 0 Å². The van der Waals surface area contributed by atoms with Gasteiger partial charge in [0.1, 0.15) is 0 Å². The standard InChI is InChI=1S/C28H24/c1-18(2)19-11-12-25-24-9-5-6-10-26(24)28(27(25)15-19)16-22-13-20-7-3-4-8-21(20)14-23(22)17-28/h3-15,18H,16-17H2,1-2H3. The first-order valence-corrected chi connectivity index (χ1v) is 10.4. The summed E-state index contributed by atoms with van der Waals surface area (Å²) in [6.07, 6.45) is 2.22. The summed E-state index contributed by atoms with van der Waals surface area (Å²) in [5, 5.41) is 2.72. The molecule has 0 saturated heterocycles. The van der Waals surface area contributed by atoms with Gasteiger partial charge in [0.15, 0.2) is 0 Å². The van der Waals surface area contributed by atoms with Gasteiger partial charge in [-0.25, -0.2) is 0 Å². The normalized spacial score (nSPS) is 15.8. The van der Waals surface area contributed by atoms with Gasteiger partial charge in [-0.1, -0.05) is 92.7 Å². The van der Waals surface area contributed by atoms with Gasteiger partial charge >= 0.3 is 0 Å². The van der Waals surface area contributed by atoms with E-state index in [0.29, 0.717) is 5.92 Å². The third-order valence-corrected chi connectivity index (χ3v) is 7.01. The molecule has 0 atom stereocenters. The van der Waals surface area contributed by atoms with Gasteiger partial charge < -0.3 is 0 Å². The zero-order valence-electron chi connectivity index (χ0n) is 16.5. The zero-order valence-corrected chi connectivity index (χ0v) is 16.5. The van der Waals surface area contributed by atoms with E-state index in [4.69, 9.17) is 0 Å². The van der Waals surface area contributed by atoms with Crippen molar-refractivity contribution in [1.82, 2.24) is 0 Å². The Hall–Kier alpha value is -2.86. The van der Waals surface area contributed by atoms with Crippen LogP contribution in [0.4, 0.5) is 0 Å². The molecule has 0 amide bonds. The summed E-state index contributed by atoms with van der Waals surface area (Å²) in [6.45, 7) is 4.60. The van der Waals surface area contributed by atoms with Gasteiger partial charge in [-0.05, 0) is 68.5 Å². The summed E-state index contributed by atoms with van der Waals surface area (Å²) in [4.78, 5) is 0. The Kier molecular flexibility index (Phi) is 3.21. The van der Waals surface area contributed by atoms with E-state index < -0.39 is 0 Å². The van der Waals surface area contributed by atoms with Crippen LogP contribution in [0.2, 0.25) is 0 Å². The van der Waals surface area contributed by atoms with E-state index in [2.05, 4.69) is 92.7 Å². The minimum atomic E-state index is 0.0938. The molecule has 2 aliphatic rings. The van der Waals surface area contributed by atoms with Crippen LogP contribution in [0.25, 0.3) is 21.9 Å². The molecule has 6 rings (SSSR count). The molecule has 0 unspecified atom stereocenters. The number of hydrogen-bond donors (Lipinski definition) is 0. The summed E-state index contributed by atoms with van der Waals surface area (Å²) in [5.74, 6) is 0.553. The topological polar surface area (TPSA) is 0 Å². The third kappa shape index (κ3) is 2.06. The van der Waals surface area contributed by atoms with Gasteiger partial charge in [0.25, 0.3) is 0 Å². The highest BCUT2D eigenvalue weighted by Crippen LogP contribution is 2.56. The van der Waals surface area contributed by atoms with Crippen molar-refractivity contribution in [1.29, 1.82) is 0 Å². The second kappa shape index (κ2) is 5.58. The van der Waals surface area contributed by atoms with Crippen LogP contribution in [0.15, 0.2) is 78.9 Å². The largest absolute Gasteiger partial charge is 0.0619 e. The minimum absolute atomic E-state index is 0.0938. The molecular weight excluding hydrogens is 336 g/mol. The lowest BCUT2D eigenvalue weighted by Gasteiger charge is -2.27. The molecule has 0 aliphatic heterocycles. The fourth-order valence-electron chi connectivity index (χ4n) is 5.59. The lowest BCUT2D eigenvalue weighted by molar-refractivity contribution is 0.562. The van der Waals surface area contributed by atoms with Crippen molar-refractivity contribution in [2.24, 2.45) is 0 Å². The Morgan fingerprint density at radius 1 is 0.643 bits per heavy atom. The molecule has 0 bridgehead atoms. The highest BCUT2D eigenvalue weighted by Gasteiger charge is 2.47. The monoisotopic (exact) mass is 360 g/mol. The maximum atomic E-state index is 2.51. The maximum absolute atomic E-state index is 2.51. The van der Waals surface area contributed by atoms with Gasteiger partial charge in [0, 0.05) is 5.41 Å². The number of rotatable bonds is 1. The smallest absolute Gasteiger partial charge is 0.0296 e. The average Bonchev–Trinajstić information content (AvgIpc) is 3.22. The van der Waals surface area contributed by atoms with E-state index in [-0.39, 0.29) is 5.41 Å². The molecule has 136 valence electrons. The van der Waals surface area contributed by atoms with Crippen molar-refractivity contribution >= 4 is 10.8 Å². The predicted octanol–water partition coefficient (Wildman–Crippen LogP) is 7.03. The minimum Gasteiger partial charge on any atom is -0.0619 e. The van der Waals surface area contributed by atoms with Crippen LogP contribution in [0.3, 0.4) is 0 Å². The van der Waals surface area contributed by atoms with Gasteiger partial charge in [-0.15, -0.1) is 0 Å². The Bertz CT molecular complexity index is 1200. The van der Waals surface area contributed by atoms with Crippen LogP contribution in [0.5, 0.6) is 0 Å². The van der Waals surface area contributed by atoms with Crippen LogP contribution < -0.4 is 0 Å². The van der Waals surface area contributed by atoms with Gasteiger partial charge in [-0.3, -0.25) is 0 Å². The SMILES string of the molecule is CC(C)c1ccc2c(c1)C1(Cc3cc4ccccc4cc3C1)c1ccccc1-2. The van der Waals surface area contributed by atoms with E-state index in [1.165, 1.54) is 44.2 Å². The molecule has 0 heteroatoms. The lowest BCUT2D eigenvalue weighted by atomic mass is 9.75. The fraction of sp³-hybridized carbons (Fsp3) is 0.214. The Balaban J connectivity index is 1.60. The molecule has 28 heavy (non-hydrogen) atoms.